The standard InChI is InChI=1S/C11H15NO5S/c1-8(7-17-2)12-18(15,16)10-5-3-9(4-6-10)11(13)14/h3-6,8,12H,7H2,1-2H3,(H,13,14). The first-order chi connectivity index (χ1) is 8.36. The summed E-state index contributed by atoms with van der Waals surface area (Å²) in [6, 6.07) is 4.64. The highest BCUT2D eigenvalue weighted by molar-refractivity contribution is 7.89. The van der Waals surface area contributed by atoms with Crippen LogP contribution in [0.3, 0.4) is 0 Å². The molecule has 1 atom stereocenters. The number of ether oxygens (including phenoxy) is 1. The third-order valence-corrected chi connectivity index (χ3v) is 3.79. The Morgan fingerprint density at radius 3 is 2.39 bits per heavy atom. The average Bonchev–Trinajstić information content (AvgIpc) is 2.28. The minimum Gasteiger partial charge on any atom is -0.478 e. The second-order valence-electron chi connectivity index (χ2n) is 3.81. The maximum absolute atomic E-state index is 11.9. The number of hydrogen-bond donors (Lipinski definition) is 2. The van der Waals surface area contributed by atoms with Crippen LogP contribution in [0.15, 0.2) is 29.2 Å². The van der Waals surface area contributed by atoms with Crippen LogP contribution in [0.2, 0.25) is 0 Å². The molecule has 0 fully saturated rings. The normalized spacial score (nSPS) is 13.2. The lowest BCUT2D eigenvalue weighted by molar-refractivity contribution is 0.0696. The van der Waals surface area contributed by atoms with Crippen molar-refractivity contribution in [3.8, 4) is 0 Å². The summed E-state index contributed by atoms with van der Waals surface area (Å²) in [5, 5.41) is 8.71. The second kappa shape index (κ2) is 5.94. The molecule has 0 bridgehead atoms. The third kappa shape index (κ3) is 3.80. The average molecular weight is 273 g/mol. The zero-order chi connectivity index (χ0) is 13.8. The van der Waals surface area contributed by atoms with Crippen LogP contribution in [0.5, 0.6) is 0 Å². The molecule has 0 aromatic heterocycles. The number of carboxylic acids is 1. The van der Waals surface area contributed by atoms with Gasteiger partial charge >= 0.3 is 5.97 Å². The molecule has 0 spiro atoms. The SMILES string of the molecule is COCC(C)NS(=O)(=O)c1ccc(C(=O)O)cc1. The Bertz CT molecular complexity index is 509. The summed E-state index contributed by atoms with van der Waals surface area (Å²) in [4.78, 5) is 10.7. The topological polar surface area (TPSA) is 92.7 Å². The van der Waals surface area contributed by atoms with Crippen molar-refractivity contribution in [1.82, 2.24) is 4.72 Å². The van der Waals surface area contributed by atoms with Gasteiger partial charge in [0.2, 0.25) is 10.0 Å². The lowest BCUT2D eigenvalue weighted by atomic mass is 10.2. The second-order valence-corrected chi connectivity index (χ2v) is 5.52. The molecule has 0 aliphatic heterocycles. The van der Waals surface area contributed by atoms with Gasteiger partial charge in [-0.05, 0) is 31.2 Å². The van der Waals surface area contributed by atoms with Gasteiger partial charge in [0.1, 0.15) is 0 Å². The summed E-state index contributed by atoms with van der Waals surface area (Å²) < 4.78 is 31.0. The zero-order valence-electron chi connectivity index (χ0n) is 10.1. The van der Waals surface area contributed by atoms with E-state index in [2.05, 4.69) is 4.72 Å². The molecule has 100 valence electrons. The fraction of sp³-hybridized carbons (Fsp3) is 0.364. The Kier molecular flexibility index (Phi) is 4.83. The molecule has 0 aliphatic rings. The van der Waals surface area contributed by atoms with E-state index in [4.69, 9.17) is 9.84 Å². The lowest BCUT2D eigenvalue weighted by Gasteiger charge is -2.13. The van der Waals surface area contributed by atoms with Crippen LogP contribution in [0.25, 0.3) is 0 Å². The van der Waals surface area contributed by atoms with Crippen LogP contribution in [0.4, 0.5) is 0 Å². The van der Waals surface area contributed by atoms with E-state index in [1.807, 2.05) is 0 Å². The van der Waals surface area contributed by atoms with Crippen molar-refractivity contribution in [3.63, 3.8) is 0 Å². The molecule has 1 aromatic carbocycles. The van der Waals surface area contributed by atoms with Crippen LogP contribution in [-0.2, 0) is 14.8 Å². The van der Waals surface area contributed by atoms with Crippen LogP contribution in [0, 0.1) is 0 Å². The van der Waals surface area contributed by atoms with E-state index in [-0.39, 0.29) is 23.1 Å². The fourth-order valence-electron chi connectivity index (χ4n) is 1.39. The van der Waals surface area contributed by atoms with E-state index in [1.165, 1.54) is 31.4 Å². The first-order valence-electron chi connectivity index (χ1n) is 5.21. The molecule has 0 heterocycles. The van der Waals surface area contributed by atoms with Gasteiger partial charge < -0.3 is 9.84 Å². The highest BCUT2D eigenvalue weighted by Gasteiger charge is 2.17. The maximum atomic E-state index is 11.9. The van der Waals surface area contributed by atoms with Gasteiger partial charge in [-0.2, -0.15) is 0 Å². The number of carboxylic acid groups (broad SMARTS) is 1. The van der Waals surface area contributed by atoms with Crippen molar-refractivity contribution in [3.05, 3.63) is 29.8 Å². The smallest absolute Gasteiger partial charge is 0.335 e. The first kappa shape index (κ1) is 14.6. The van der Waals surface area contributed by atoms with Gasteiger partial charge in [-0.25, -0.2) is 17.9 Å². The van der Waals surface area contributed by atoms with Crippen LogP contribution < -0.4 is 4.72 Å². The molecule has 0 amide bonds. The number of carbonyl (C=O) groups is 1. The summed E-state index contributed by atoms with van der Waals surface area (Å²) >= 11 is 0. The van der Waals surface area contributed by atoms with Crippen molar-refractivity contribution < 1.29 is 23.1 Å². The molecule has 1 unspecified atom stereocenters. The minimum absolute atomic E-state index is 0.0236. The van der Waals surface area contributed by atoms with Crippen molar-refractivity contribution in [2.45, 2.75) is 17.9 Å². The molecule has 18 heavy (non-hydrogen) atoms. The van der Waals surface area contributed by atoms with Gasteiger partial charge in [0.25, 0.3) is 0 Å². The number of rotatable bonds is 6. The number of methoxy groups -OCH3 is 1. The molecule has 1 rings (SSSR count). The van der Waals surface area contributed by atoms with Crippen molar-refractivity contribution in [2.75, 3.05) is 13.7 Å². The number of hydrogen-bond acceptors (Lipinski definition) is 4. The van der Waals surface area contributed by atoms with E-state index >= 15 is 0 Å². The molecular weight excluding hydrogens is 258 g/mol. The third-order valence-electron chi connectivity index (χ3n) is 2.18. The first-order valence-corrected chi connectivity index (χ1v) is 6.70. The molecular formula is C11H15NO5S. The predicted molar refractivity (Wildman–Crippen MR) is 65.1 cm³/mol. The van der Waals surface area contributed by atoms with Crippen LogP contribution in [0.1, 0.15) is 17.3 Å². The van der Waals surface area contributed by atoms with Crippen molar-refractivity contribution >= 4 is 16.0 Å². The number of aromatic carboxylic acids is 1. The van der Waals surface area contributed by atoms with Crippen LogP contribution >= 0.6 is 0 Å². The lowest BCUT2D eigenvalue weighted by Crippen LogP contribution is -2.35. The van der Waals surface area contributed by atoms with Gasteiger partial charge in [0.15, 0.2) is 0 Å². The van der Waals surface area contributed by atoms with Gasteiger partial charge in [0, 0.05) is 13.2 Å². The van der Waals surface area contributed by atoms with E-state index in [1.54, 1.807) is 6.92 Å². The van der Waals surface area contributed by atoms with E-state index in [9.17, 15) is 13.2 Å². The molecule has 0 radical (unpaired) electrons. The Balaban J connectivity index is 2.88. The molecule has 0 saturated heterocycles. The molecule has 1 aromatic rings. The summed E-state index contributed by atoms with van der Waals surface area (Å²) in [5.74, 6) is -1.10. The molecule has 6 nitrogen and oxygen atoms in total. The van der Waals surface area contributed by atoms with Crippen molar-refractivity contribution in [2.24, 2.45) is 0 Å². The Morgan fingerprint density at radius 2 is 1.94 bits per heavy atom. The molecule has 0 aliphatic carbocycles. The predicted octanol–water partition coefficient (Wildman–Crippen LogP) is 0.698. The Hall–Kier alpha value is -1.44. The minimum atomic E-state index is -3.65. The largest absolute Gasteiger partial charge is 0.478 e. The summed E-state index contributed by atoms with van der Waals surface area (Å²) in [5.41, 5.74) is 0.0406. The molecule has 7 heteroatoms. The molecule has 2 N–H and O–H groups in total. The Labute approximate surface area is 106 Å². The summed E-state index contributed by atoms with van der Waals surface area (Å²) in [6.45, 7) is 1.93. The van der Waals surface area contributed by atoms with E-state index in [0.29, 0.717) is 0 Å². The summed E-state index contributed by atoms with van der Waals surface area (Å²) in [6.07, 6.45) is 0. The van der Waals surface area contributed by atoms with Gasteiger partial charge in [-0.1, -0.05) is 0 Å². The highest BCUT2D eigenvalue weighted by atomic mass is 32.2. The quantitative estimate of drug-likeness (QED) is 0.795. The Morgan fingerprint density at radius 1 is 1.39 bits per heavy atom. The van der Waals surface area contributed by atoms with Gasteiger partial charge in [-0.15, -0.1) is 0 Å². The molecule has 0 saturated carbocycles. The van der Waals surface area contributed by atoms with Crippen LogP contribution in [-0.4, -0.2) is 39.3 Å². The number of benzene rings is 1. The fourth-order valence-corrected chi connectivity index (χ4v) is 2.62. The monoisotopic (exact) mass is 273 g/mol. The number of sulfonamides is 1. The summed E-state index contributed by atoms with van der Waals surface area (Å²) in [7, 11) is -2.17. The maximum Gasteiger partial charge on any atom is 0.335 e. The van der Waals surface area contributed by atoms with Crippen molar-refractivity contribution in [1.29, 1.82) is 0 Å². The van der Waals surface area contributed by atoms with E-state index in [0.717, 1.165) is 0 Å². The number of nitrogens with one attached hydrogen (secondary N) is 1. The van der Waals surface area contributed by atoms with E-state index < -0.39 is 16.0 Å². The highest BCUT2D eigenvalue weighted by Crippen LogP contribution is 2.11. The van der Waals surface area contributed by atoms with Gasteiger partial charge in [0.05, 0.1) is 17.1 Å². The zero-order valence-corrected chi connectivity index (χ0v) is 10.9. The van der Waals surface area contributed by atoms with Gasteiger partial charge in [-0.3, -0.25) is 0 Å².